The number of rotatable bonds is 4. The van der Waals surface area contributed by atoms with Crippen molar-refractivity contribution in [3.63, 3.8) is 0 Å². The third kappa shape index (κ3) is 2.50. The molecule has 1 unspecified atom stereocenters. The summed E-state index contributed by atoms with van der Waals surface area (Å²) >= 11 is 5.22. The molecular weight excluding hydrogens is 288 g/mol. The third-order valence-corrected chi connectivity index (χ3v) is 4.22. The molecule has 0 aromatic carbocycles. The molecule has 0 saturated heterocycles. The highest BCUT2D eigenvalue weighted by Crippen LogP contribution is 2.28. The van der Waals surface area contributed by atoms with E-state index in [1.807, 2.05) is 18.8 Å². The molecule has 1 N–H and O–H groups in total. The molecule has 0 saturated carbocycles. The van der Waals surface area contributed by atoms with Crippen LogP contribution in [0.4, 0.5) is 0 Å². The van der Waals surface area contributed by atoms with Crippen LogP contribution in [0.5, 0.6) is 0 Å². The number of hydrogen-bond acceptors (Lipinski definition) is 4. The summed E-state index contributed by atoms with van der Waals surface area (Å²) in [5.74, 6) is 0.990. The van der Waals surface area contributed by atoms with Crippen LogP contribution >= 0.6 is 27.3 Å². The van der Waals surface area contributed by atoms with Crippen molar-refractivity contribution < 1.29 is 0 Å². The maximum absolute atomic E-state index is 4.24. The second-order valence-corrected chi connectivity index (χ2v) is 5.98. The van der Waals surface area contributed by atoms with E-state index in [1.54, 1.807) is 17.7 Å². The van der Waals surface area contributed by atoms with Crippen LogP contribution in [0.1, 0.15) is 16.7 Å². The molecule has 2 aromatic rings. The summed E-state index contributed by atoms with van der Waals surface area (Å²) < 4.78 is 2.97. The van der Waals surface area contributed by atoms with Gasteiger partial charge in [0.2, 0.25) is 0 Å². The van der Waals surface area contributed by atoms with Gasteiger partial charge < -0.3 is 5.32 Å². The zero-order valence-corrected chi connectivity index (χ0v) is 11.5. The number of likely N-dealkylation sites (N-methyl/N-ethyl adjacent to an activating group) is 1. The van der Waals surface area contributed by atoms with Gasteiger partial charge in [0, 0.05) is 24.4 Å². The van der Waals surface area contributed by atoms with Crippen LogP contribution in [0, 0.1) is 0 Å². The summed E-state index contributed by atoms with van der Waals surface area (Å²) in [6.07, 6.45) is 2.44. The first-order valence-electron chi connectivity index (χ1n) is 4.96. The Bertz CT molecular complexity index is 465. The summed E-state index contributed by atoms with van der Waals surface area (Å²) in [5, 5.41) is 7.38. The molecule has 2 rings (SSSR count). The van der Waals surface area contributed by atoms with Gasteiger partial charge in [-0.3, -0.25) is 4.68 Å². The Hall–Kier alpha value is -0.720. The minimum absolute atomic E-state index is 0.291. The Morgan fingerprint density at radius 1 is 1.56 bits per heavy atom. The molecule has 4 nitrogen and oxygen atoms in total. The SMILES string of the molecule is CNC(Cc1ncnn1C)c1ccc(Br)s1. The van der Waals surface area contributed by atoms with E-state index in [4.69, 9.17) is 0 Å². The van der Waals surface area contributed by atoms with Gasteiger partial charge in [-0.05, 0) is 35.1 Å². The molecule has 0 bridgehead atoms. The van der Waals surface area contributed by atoms with Crippen molar-refractivity contribution in [1.82, 2.24) is 20.1 Å². The number of halogens is 1. The van der Waals surface area contributed by atoms with Gasteiger partial charge in [-0.15, -0.1) is 11.3 Å². The molecule has 2 aromatic heterocycles. The van der Waals surface area contributed by atoms with Gasteiger partial charge in [0.1, 0.15) is 12.2 Å². The van der Waals surface area contributed by atoms with E-state index in [1.165, 1.54) is 4.88 Å². The molecule has 0 aliphatic carbocycles. The zero-order valence-electron chi connectivity index (χ0n) is 9.14. The summed E-state index contributed by atoms with van der Waals surface area (Å²) in [7, 11) is 3.88. The van der Waals surface area contributed by atoms with Crippen LogP contribution in [0.25, 0.3) is 0 Å². The van der Waals surface area contributed by atoms with Gasteiger partial charge in [-0.2, -0.15) is 5.10 Å². The molecule has 0 radical (unpaired) electrons. The lowest BCUT2D eigenvalue weighted by atomic mass is 10.1. The second kappa shape index (κ2) is 5.07. The lowest BCUT2D eigenvalue weighted by Crippen LogP contribution is -2.19. The van der Waals surface area contributed by atoms with Gasteiger partial charge in [0.15, 0.2) is 0 Å². The fraction of sp³-hybridized carbons (Fsp3) is 0.400. The highest BCUT2D eigenvalue weighted by molar-refractivity contribution is 9.11. The van der Waals surface area contributed by atoms with Crippen LogP contribution in [0.2, 0.25) is 0 Å². The Balaban J connectivity index is 2.15. The van der Waals surface area contributed by atoms with Crippen LogP contribution in [0.3, 0.4) is 0 Å². The Labute approximate surface area is 107 Å². The molecule has 0 aliphatic rings. The van der Waals surface area contributed by atoms with E-state index in [9.17, 15) is 0 Å². The lowest BCUT2D eigenvalue weighted by molar-refractivity contribution is 0.561. The van der Waals surface area contributed by atoms with Crippen molar-refractivity contribution >= 4 is 27.3 Å². The molecule has 0 aliphatic heterocycles. The fourth-order valence-corrected chi connectivity index (χ4v) is 3.08. The van der Waals surface area contributed by atoms with Gasteiger partial charge in [-0.25, -0.2) is 4.98 Å². The monoisotopic (exact) mass is 300 g/mol. The van der Waals surface area contributed by atoms with Gasteiger partial charge >= 0.3 is 0 Å². The van der Waals surface area contributed by atoms with Crippen LogP contribution in [-0.2, 0) is 13.5 Å². The predicted octanol–water partition coefficient (Wildman–Crippen LogP) is 2.14. The van der Waals surface area contributed by atoms with E-state index in [0.717, 1.165) is 16.0 Å². The largest absolute Gasteiger partial charge is 0.312 e. The first-order valence-corrected chi connectivity index (χ1v) is 6.57. The first-order chi connectivity index (χ1) is 7.70. The quantitative estimate of drug-likeness (QED) is 0.941. The standard InChI is InChI=1S/C10H13BrN4S/c1-12-7(8-3-4-9(11)16-8)5-10-13-6-14-15(10)2/h3-4,6-7,12H,5H2,1-2H3. The zero-order chi connectivity index (χ0) is 11.5. The highest BCUT2D eigenvalue weighted by Gasteiger charge is 2.14. The maximum atomic E-state index is 4.24. The maximum Gasteiger partial charge on any atom is 0.138 e. The molecule has 2 heterocycles. The second-order valence-electron chi connectivity index (χ2n) is 3.49. The average Bonchev–Trinajstić information content (AvgIpc) is 2.85. The molecule has 0 spiro atoms. The molecule has 6 heteroatoms. The van der Waals surface area contributed by atoms with E-state index in [-0.39, 0.29) is 0 Å². The number of thiophene rings is 1. The number of hydrogen-bond donors (Lipinski definition) is 1. The molecule has 0 fully saturated rings. The normalized spacial score (nSPS) is 12.9. The van der Waals surface area contributed by atoms with Gasteiger partial charge in [-0.1, -0.05) is 0 Å². The highest BCUT2D eigenvalue weighted by atomic mass is 79.9. The van der Waals surface area contributed by atoms with Crippen LogP contribution < -0.4 is 5.32 Å². The van der Waals surface area contributed by atoms with Crippen LogP contribution in [-0.4, -0.2) is 21.8 Å². The lowest BCUT2D eigenvalue weighted by Gasteiger charge is -2.13. The first kappa shape index (κ1) is 11.8. The molecule has 1 atom stereocenters. The molecule has 16 heavy (non-hydrogen) atoms. The Morgan fingerprint density at radius 3 is 2.88 bits per heavy atom. The smallest absolute Gasteiger partial charge is 0.138 e. The van der Waals surface area contributed by atoms with Crippen molar-refractivity contribution in [3.8, 4) is 0 Å². The Kier molecular flexibility index (Phi) is 3.73. The summed E-state index contributed by atoms with van der Waals surface area (Å²) in [6, 6.07) is 4.49. The van der Waals surface area contributed by atoms with Gasteiger partial charge in [0.05, 0.1) is 3.79 Å². The summed E-state index contributed by atoms with van der Waals surface area (Å²) in [5.41, 5.74) is 0. The van der Waals surface area contributed by atoms with E-state index in [0.29, 0.717) is 6.04 Å². The summed E-state index contributed by atoms with van der Waals surface area (Å²) in [6.45, 7) is 0. The van der Waals surface area contributed by atoms with E-state index in [2.05, 4.69) is 43.5 Å². The van der Waals surface area contributed by atoms with Crippen molar-refractivity contribution in [2.45, 2.75) is 12.5 Å². The predicted molar refractivity (Wildman–Crippen MR) is 68.5 cm³/mol. The Morgan fingerprint density at radius 2 is 2.38 bits per heavy atom. The molecule has 0 amide bonds. The van der Waals surface area contributed by atoms with Gasteiger partial charge in [0.25, 0.3) is 0 Å². The molecular formula is C10H13BrN4S. The van der Waals surface area contributed by atoms with Crippen molar-refractivity contribution in [1.29, 1.82) is 0 Å². The van der Waals surface area contributed by atoms with E-state index < -0.39 is 0 Å². The molecule has 86 valence electrons. The summed E-state index contributed by atoms with van der Waals surface area (Å²) in [4.78, 5) is 5.54. The number of aryl methyl sites for hydroxylation is 1. The number of nitrogens with one attached hydrogen (secondary N) is 1. The number of nitrogens with zero attached hydrogens (tertiary/aromatic N) is 3. The minimum atomic E-state index is 0.291. The average molecular weight is 301 g/mol. The van der Waals surface area contributed by atoms with Crippen molar-refractivity contribution in [3.05, 3.63) is 32.9 Å². The fourth-order valence-electron chi connectivity index (χ4n) is 1.55. The van der Waals surface area contributed by atoms with Crippen LogP contribution in [0.15, 0.2) is 22.2 Å². The topological polar surface area (TPSA) is 42.7 Å². The number of aromatic nitrogens is 3. The minimum Gasteiger partial charge on any atom is -0.312 e. The van der Waals surface area contributed by atoms with Crippen molar-refractivity contribution in [2.75, 3.05) is 7.05 Å². The van der Waals surface area contributed by atoms with E-state index >= 15 is 0 Å². The van der Waals surface area contributed by atoms with Crippen molar-refractivity contribution in [2.24, 2.45) is 7.05 Å². The third-order valence-electron chi connectivity index (χ3n) is 2.48.